The van der Waals surface area contributed by atoms with Crippen molar-refractivity contribution in [3.63, 3.8) is 0 Å². The van der Waals surface area contributed by atoms with Gasteiger partial charge in [-0.25, -0.2) is 0 Å². The Kier molecular flexibility index (Phi) is 7.73. The van der Waals surface area contributed by atoms with Gasteiger partial charge in [0.2, 0.25) is 0 Å². The molecule has 3 rings (SSSR count). The molecular formula is C20H26BrN3O3S. The van der Waals surface area contributed by atoms with Crippen LogP contribution in [0, 0.1) is 0 Å². The third kappa shape index (κ3) is 5.94. The van der Waals surface area contributed by atoms with Crippen molar-refractivity contribution < 1.29 is 14.3 Å². The maximum atomic E-state index is 12.5. The van der Waals surface area contributed by atoms with E-state index in [1.807, 2.05) is 12.1 Å². The van der Waals surface area contributed by atoms with Crippen molar-refractivity contribution in [2.24, 2.45) is 0 Å². The van der Waals surface area contributed by atoms with Crippen molar-refractivity contribution in [3.8, 4) is 11.5 Å². The third-order valence-corrected chi connectivity index (χ3v) is 6.33. The van der Waals surface area contributed by atoms with Crippen LogP contribution in [0.1, 0.15) is 15.2 Å². The van der Waals surface area contributed by atoms with E-state index in [9.17, 15) is 4.79 Å². The van der Waals surface area contributed by atoms with Gasteiger partial charge in [-0.1, -0.05) is 0 Å². The van der Waals surface area contributed by atoms with Gasteiger partial charge in [0.05, 0.1) is 10.9 Å². The molecule has 0 radical (unpaired) electrons. The number of nitrogens with zero attached hydrogens (tertiary/aromatic N) is 2. The number of likely N-dealkylation sites (N-methyl/N-ethyl adjacent to an activating group) is 1. The van der Waals surface area contributed by atoms with Crippen LogP contribution in [0.5, 0.6) is 11.5 Å². The van der Waals surface area contributed by atoms with Gasteiger partial charge in [0, 0.05) is 49.7 Å². The minimum Gasteiger partial charge on any atom is -0.493 e. The standard InChI is InChI=1S/C20H26BrN3O3S/c1-23-9-11-24(12-10-23)8-7-22-20(25)15-3-5-17(18(13-15)26-2)27-14-16-4-6-19(21)28-16/h3-6,13H,7-12,14H2,1-2H3,(H,22,25). The molecule has 0 aliphatic carbocycles. The molecule has 1 saturated heterocycles. The SMILES string of the molecule is COc1cc(C(=O)NCCN2CCN(C)CC2)ccc1OCc1ccc(Br)s1. The molecule has 1 amide bonds. The summed E-state index contributed by atoms with van der Waals surface area (Å²) < 4.78 is 12.3. The van der Waals surface area contributed by atoms with Crippen molar-refractivity contribution in [3.05, 3.63) is 44.6 Å². The van der Waals surface area contributed by atoms with Gasteiger partial charge in [-0.3, -0.25) is 9.69 Å². The molecule has 1 fully saturated rings. The van der Waals surface area contributed by atoms with Gasteiger partial charge in [0.1, 0.15) is 6.61 Å². The van der Waals surface area contributed by atoms with E-state index < -0.39 is 0 Å². The monoisotopic (exact) mass is 467 g/mol. The van der Waals surface area contributed by atoms with Crippen LogP contribution in [0.4, 0.5) is 0 Å². The second-order valence-electron chi connectivity index (χ2n) is 6.76. The molecule has 1 N–H and O–H groups in total. The quantitative estimate of drug-likeness (QED) is 0.646. The van der Waals surface area contributed by atoms with Crippen LogP contribution in [-0.4, -0.2) is 69.1 Å². The summed E-state index contributed by atoms with van der Waals surface area (Å²) in [5, 5.41) is 2.99. The maximum Gasteiger partial charge on any atom is 0.251 e. The number of rotatable bonds is 8. The summed E-state index contributed by atoms with van der Waals surface area (Å²) in [6, 6.07) is 9.30. The highest BCUT2D eigenvalue weighted by atomic mass is 79.9. The van der Waals surface area contributed by atoms with Gasteiger partial charge in [-0.2, -0.15) is 0 Å². The van der Waals surface area contributed by atoms with E-state index in [0.29, 0.717) is 30.2 Å². The molecular weight excluding hydrogens is 442 g/mol. The highest BCUT2D eigenvalue weighted by Gasteiger charge is 2.15. The lowest BCUT2D eigenvalue weighted by atomic mass is 10.2. The van der Waals surface area contributed by atoms with Gasteiger partial charge in [-0.15, -0.1) is 11.3 Å². The third-order valence-electron chi connectivity index (χ3n) is 4.73. The van der Waals surface area contributed by atoms with Crippen LogP contribution in [0.3, 0.4) is 0 Å². The molecule has 2 aromatic rings. The Morgan fingerprint density at radius 1 is 1.18 bits per heavy atom. The first kappa shape index (κ1) is 21.1. The van der Waals surface area contributed by atoms with E-state index in [1.165, 1.54) is 0 Å². The Labute approximate surface area is 178 Å². The first-order chi connectivity index (χ1) is 13.5. The number of hydrogen-bond acceptors (Lipinski definition) is 6. The number of halogens is 1. The Morgan fingerprint density at radius 2 is 1.96 bits per heavy atom. The number of piperazine rings is 1. The van der Waals surface area contributed by atoms with E-state index in [-0.39, 0.29) is 5.91 Å². The number of hydrogen-bond donors (Lipinski definition) is 1. The molecule has 2 heterocycles. The summed E-state index contributed by atoms with van der Waals surface area (Å²) in [6.07, 6.45) is 0. The molecule has 1 aromatic carbocycles. The van der Waals surface area contributed by atoms with Crippen LogP contribution >= 0.6 is 27.3 Å². The van der Waals surface area contributed by atoms with E-state index >= 15 is 0 Å². The second kappa shape index (κ2) is 10.2. The van der Waals surface area contributed by atoms with E-state index in [4.69, 9.17) is 9.47 Å². The lowest BCUT2D eigenvalue weighted by molar-refractivity contribution is 0.0940. The highest BCUT2D eigenvalue weighted by Crippen LogP contribution is 2.30. The van der Waals surface area contributed by atoms with Crippen molar-refractivity contribution in [2.75, 3.05) is 53.4 Å². The minimum atomic E-state index is -0.0961. The number of benzene rings is 1. The molecule has 0 spiro atoms. The average Bonchev–Trinajstić information content (AvgIpc) is 3.13. The molecule has 1 aliphatic rings. The molecule has 6 nitrogen and oxygen atoms in total. The molecule has 1 aromatic heterocycles. The zero-order valence-corrected chi connectivity index (χ0v) is 18.6. The van der Waals surface area contributed by atoms with Gasteiger partial charge < -0.3 is 19.7 Å². The zero-order valence-electron chi connectivity index (χ0n) is 16.2. The number of ether oxygens (including phenoxy) is 2. The summed E-state index contributed by atoms with van der Waals surface area (Å²) >= 11 is 5.08. The molecule has 1 aliphatic heterocycles. The number of nitrogens with one attached hydrogen (secondary N) is 1. The predicted octanol–water partition coefficient (Wildman–Crippen LogP) is 3.08. The van der Waals surface area contributed by atoms with E-state index in [0.717, 1.165) is 41.4 Å². The zero-order chi connectivity index (χ0) is 19.9. The first-order valence-corrected chi connectivity index (χ1v) is 10.9. The van der Waals surface area contributed by atoms with Crippen LogP contribution in [-0.2, 0) is 6.61 Å². The number of carbonyl (C=O) groups excluding carboxylic acids is 1. The largest absolute Gasteiger partial charge is 0.493 e. The van der Waals surface area contributed by atoms with Crippen molar-refractivity contribution in [1.82, 2.24) is 15.1 Å². The summed E-state index contributed by atoms with van der Waals surface area (Å²) in [4.78, 5) is 18.3. The van der Waals surface area contributed by atoms with Crippen LogP contribution in [0.2, 0.25) is 0 Å². The Bertz CT molecular complexity index is 791. The molecule has 28 heavy (non-hydrogen) atoms. The number of amides is 1. The summed E-state index contributed by atoms with van der Waals surface area (Å²) in [7, 11) is 3.72. The van der Waals surface area contributed by atoms with Gasteiger partial charge in [0.15, 0.2) is 11.5 Å². The molecule has 8 heteroatoms. The van der Waals surface area contributed by atoms with Gasteiger partial charge in [0.25, 0.3) is 5.91 Å². The molecule has 152 valence electrons. The number of methoxy groups -OCH3 is 1. The number of carbonyl (C=O) groups is 1. The van der Waals surface area contributed by atoms with Crippen molar-refractivity contribution >= 4 is 33.2 Å². The topological polar surface area (TPSA) is 54.0 Å². The fraction of sp³-hybridized carbons (Fsp3) is 0.450. The summed E-state index contributed by atoms with van der Waals surface area (Å²) in [5.41, 5.74) is 0.571. The van der Waals surface area contributed by atoms with Crippen LogP contribution in [0.25, 0.3) is 0 Å². The molecule has 0 unspecified atom stereocenters. The van der Waals surface area contributed by atoms with Gasteiger partial charge in [-0.05, 0) is 53.3 Å². The van der Waals surface area contributed by atoms with E-state index in [1.54, 1.807) is 36.6 Å². The molecule has 0 bridgehead atoms. The fourth-order valence-electron chi connectivity index (χ4n) is 3.01. The van der Waals surface area contributed by atoms with Crippen LogP contribution in [0.15, 0.2) is 34.1 Å². The average molecular weight is 468 g/mol. The smallest absolute Gasteiger partial charge is 0.251 e. The highest BCUT2D eigenvalue weighted by molar-refractivity contribution is 9.11. The summed E-state index contributed by atoms with van der Waals surface area (Å²) in [6.45, 7) is 6.22. The van der Waals surface area contributed by atoms with Gasteiger partial charge >= 0.3 is 0 Å². The van der Waals surface area contributed by atoms with Crippen molar-refractivity contribution in [1.29, 1.82) is 0 Å². The lowest BCUT2D eigenvalue weighted by Crippen LogP contribution is -2.46. The Balaban J connectivity index is 1.51. The maximum absolute atomic E-state index is 12.5. The normalized spacial score (nSPS) is 15.4. The number of thiophene rings is 1. The van der Waals surface area contributed by atoms with E-state index in [2.05, 4.69) is 38.1 Å². The Morgan fingerprint density at radius 3 is 2.64 bits per heavy atom. The minimum absolute atomic E-state index is 0.0961. The predicted molar refractivity (Wildman–Crippen MR) is 116 cm³/mol. The fourth-order valence-corrected chi connectivity index (χ4v) is 4.40. The molecule has 0 saturated carbocycles. The van der Waals surface area contributed by atoms with Crippen molar-refractivity contribution in [2.45, 2.75) is 6.61 Å². The van der Waals surface area contributed by atoms with Crippen LogP contribution < -0.4 is 14.8 Å². The molecule has 0 atom stereocenters. The Hall–Kier alpha value is -1.61. The second-order valence-corrected chi connectivity index (χ2v) is 9.31. The first-order valence-electron chi connectivity index (χ1n) is 9.29. The lowest BCUT2D eigenvalue weighted by Gasteiger charge is -2.32. The summed E-state index contributed by atoms with van der Waals surface area (Å²) in [5.74, 6) is 1.09.